The number of fused-ring (bicyclic) bond motifs is 2. The average Bonchev–Trinajstić information content (AvgIpc) is 1.56. The number of allylic oxidation sites excluding steroid dienone is 2. The molecule has 0 saturated carbocycles. The normalized spacial score (nSPS) is 15.5. The summed E-state index contributed by atoms with van der Waals surface area (Å²) in [6.45, 7) is 57.2. The summed E-state index contributed by atoms with van der Waals surface area (Å²) in [6, 6.07) is 18.2. The summed E-state index contributed by atoms with van der Waals surface area (Å²) in [5.41, 5.74) is 5.40. The number of unbranched alkanes of at least 4 members (excludes halogenated alkanes) is 18. The van der Waals surface area contributed by atoms with Crippen molar-refractivity contribution in [2.24, 2.45) is 0 Å². The highest BCUT2D eigenvalue weighted by Crippen LogP contribution is 2.52. The zero-order chi connectivity index (χ0) is 83.4. The van der Waals surface area contributed by atoms with Gasteiger partial charge in [-0.2, -0.15) is 0 Å². The Morgan fingerprint density at radius 2 is 0.527 bits per heavy atom. The van der Waals surface area contributed by atoms with E-state index >= 15 is 0 Å². The molecule has 14 nitrogen and oxygen atoms in total. The second-order valence-corrected chi connectivity index (χ2v) is 83.0. The highest BCUT2D eigenvalue weighted by atomic mass is 79.9. The lowest BCUT2D eigenvalue weighted by Gasteiger charge is -2.38. The van der Waals surface area contributed by atoms with E-state index in [1.807, 2.05) is 80.3 Å². The van der Waals surface area contributed by atoms with Gasteiger partial charge in [-0.3, -0.25) is 19.2 Å². The van der Waals surface area contributed by atoms with Crippen molar-refractivity contribution in [3.05, 3.63) is 131 Å². The largest absolute Gasteiger partial charge is 0.439 e. The molecule has 4 aliphatic heterocycles. The van der Waals surface area contributed by atoms with E-state index in [9.17, 15) is 19.2 Å². The van der Waals surface area contributed by atoms with Crippen LogP contribution in [-0.2, 0) is 43.9 Å². The first-order valence-electron chi connectivity index (χ1n) is 40.8. The van der Waals surface area contributed by atoms with E-state index in [-0.39, 0.29) is 23.6 Å². The third kappa shape index (κ3) is 32.6. The van der Waals surface area contributed by atoms with Crippen molar-refractivity contribution in [1.82, 2.24) is 19.6 Å². The summed E-state index contributed by atoms with van der Waals surface area (Å²) in [5.74, 6) is -0.190. The smallest absolute Gasteiger partial charge is 0.314 e. The maximum atomic E-state index is 14.7. The molecule has 4 amide bonds. The number of hydrogen-bond donors (Lipinski definition) is 0. The molecule has 0 radical (unpaired) electrons. The third-order valence-electron chi connectivity index (χ3n) is 18.3. The van der Waals surface area contributed by atoms with Gasteiger partial charge in [0.05, 0.1) is 79.7 Å². The lowest BCUT2D eigenvalue weighted by Crippen LogP contribution is -2.52. The number of hydrogen-bond acceptors (Lipinski definition) is 14. The fourth-order valence-corrected chi connectivity index (χ4v) is 54.6. The first-order chi connectivity index (χ1) is 52.2. The average molecular weight is 2020 g/mol. The Labute approximate surface area is 735 Å². The molecule has 0 N–H and O–H groups in total. The van der Waals surface area contributed by atoms with Crippen LogP contribution in [0.3, 0.4) is 0 Å². The van der Waals surface area contributed by atoms with Gasteiger partial charge in [-0.15, -0.1) is 58.5 Å². The number of rotatable bonds is 48. The highest BCUT2D eigenvalue weighted by Gasteiger charge is 2.51. The van der Waals surface area contributed by atoms with Crippen LogP contribution in [0.5, 0.6) is 0 Å². The Balaban J connectivity index is 0.000000328. The van der Waals surface area contributed by atoms with Crippen molar-refractivity contribution in [3.63, 3.8) is 0 Å². The fourth-order valence-electron chi connectivity index (χ4n) is 15.0. The third-order valence-corrected chi connectivity index (χ3v) is 52.4. The molecular weight excluding hydrogens is 1890 g/mol. The van der Waals surface area contributed by atoms with Crippen LogP contribution >= 0.6 is 109 Å². The number of carbonyl (C=O) groups is 4. The molecule has 4 aromatic rings. The van der Waals surface area contributed by atoms with Gasteiger partial charge < -0.3 is 44.3 Å². The molecule has 0 unspecified atom stereocenters. The number of thiophene rings is 4. The lowest BCUT2D eigenvalue weighted by atomic mass is 10.1. The molecule has 112 heavy (non-hydrogen) atoms. The maximum Gasteiger partial charge on any atom is 0.314 e. The van der Waals surface area contributed by atoms with Crippen LogP contribution in [0.15, 0.2) is 111 Å². The Bertz CT molecular complexity index is 3650. The van der Waals surface area contributed by atoms with E-state index in [1.54, 1.807) is 45.3 Å². The summed E-state index contributed by atoms with van der Waals surface area (Å²) in [5, 5.41) is 0. The first kappa shape index (κ1) is 99.6. The van der Waals surface area contributed by atoms with E-state index in [1.165, 1.54) is 0 Å². The second kappa shape index (κ2) is 45.0. The van der Waals surface area contributed by atoms with E-state index < -0.39 is 76.3 Å². The van der Waals surface area contributed by atoms with E-state index in [0.717, 1.165) is 211 Å². The standard InChI is InChI=1S/C44H78Br2N2O6S2Si6.C30H34Br2N2O2S2.C7H22O2Si3/c1-57(2,3)51-61(13,52-58(4,5)6)33-25-21-17-15-19-23-31-47-41(35-27-29-37(45)55-35)39-40(43(47)49)42(36-28-30-38(46)56-36)48(44(39)50)32-24-20-16-18-22-26-34-62(14,53-59(7,8)9)54-60(10,11)12;1-3-5-7-9-11-13-19-33-27(21-15-17-23(31)37-21)25-26(29(33)35)28(22-16-18-24(32)38-22)34(30(25)36)20-14-12-10-8-6-4-2;1-10(8-11(2,3)4)9-12(5,6)7/h27-30H,15-26,31-34H2,1-14H3;3-4,15-18H,1-2,5-14,19-20H2;10H,1-7H3. The van der Waals surface area contributed by atoms with Gasteiger partial charge in [-0.25, -0.2) is 0 Å². The number of carbonyl (C=O) groups excluding carboxylic acids is 4. The summed E-state index contributed by atoms with van der Waals surface area (Å²) < 4.78 is 42.6. The van der Waals surface area contributed by atoms with Gasteiger partial charge in [0, 0.05) is 26.2 Å². The van der Waals surface area contributed by atoms with Crippen molar-refractivity contribution in [1.29, 1.82) is 0 Å². The Kier molecular flexibility index (Phi) is 40.0. The van der Waals surface area contributed by atoms with Crippen LogP contribution in [-0.4, -0.2) is 146 Å². The number of amides is 4. The number of halogens is 4. The minimum Gasteiger partial charge on any atom is -0.439 e. The summed E-state index contributed by atoms with van der Waals surface area (Å²) in [7, 11) is -15.3. The minimum absolute atomic E-state index is 0.0456. The zero-order valence-corrected chi connectivity index (χ0v) is 90.3. The molecule has 31 heteroatoms. The van der Waals surface area contributed by atoms with Crippen LogP contribution in [0.1, 0.15) is 161 Å². The topological polar surface area (TPSA) is 137 Å². The SMILES string of the molecule is C=CCCCCCCN1C(=O)C2=C(c3ccc(Br)s3)N(CCCCCCC=C)C(=O)C2=C1c1ccc(Br)s1.C[SiH](O[Si](C)(C)C)O[Si](C)(C)C.C[Si](C)(C)O[Si](C)(CCCCCCCCN1C(=O)C2=C(c3ccc(Br)s3)N(CCCCCCCC[Si](C)(O[Si](C)(C)C)O[Si](C)(C)C)C(=O)C2=C1c1ccc(Br)s1)O[Si](C)(C)C. The van der Waals surface area contributed by atoms with E-state index in [0.29, 0.717) is 48.5 Å². The molecule has 626 valence electrons. The first-order valence-corrected chi connectivity index (χ1v) is 74.9. The van der Waals surface area contributed by atoms with Crippen LogP contribution in [0, 0.1) is 0 Å². The molecule has 8 rings (SSSR count). The highest BCUT2D eigenvalue weighted by molar-refractivity contribution is 9.11. The molecule has 4 aliphatic rings. The fraction of sp³-hybridized carbons (Fsp3) is 0.605. The summed E-state index contributed by atoms with van der Waals surface area (Å²) in [6.07, 6.45) is 27.3. The van der Waals surface area contributed by atoms with Gasteiger partial charge in [0.1, 0.15) is 0 Å². The van der Waals surface area contributed by atoms with Gasteiger partial charge >= 0.3 is 17.1 Å². The Hall–Kier alpha value is -1.25. The van der Waals surface area contributed by atoms with Crippen LogP contribution in [0.4, 0.5) is 0 Å². The molecule has 0 bridgehead atoms. The lowest BCUT2D eigenvalue weighted by molar-refractivity contribution is -0.124. The summed E-state index contributed by atoms with van der Waals surface area (Å²) in [4.78, 5) is 68.9. The van der Waals surface area contributed by atoms with Gasteiger partial charge in [0.15, 0.2) is 49.9 Å². The predicted molar refractivity (Wildman–Crippen MR) is 517 cm³/mol. The predicted octanol–water partition coefficient (Wildman–Crippen LogP) is 27.3. The van der Waals surface area contributed by atoms with Crippen molar-refractivity contribution < 1.29 is 43.9 Å². The summed E-state index contributed by atoms with van der Waals surface area (Å²) >= 11 is 20.8. The van der Waals surface area contributed by atoms with Crippen molar-refractivity contribution in [2.75, 3.05) is 26.2 Å². The molecule has 0 aromatic carbocycles. The molecular formula is C81H134Br4N4O10S4Si9. The molecule has 8 heterocycles. The molecule has 0 spiro atoms. The van der Waals surface area contributed by atoms with E-state index in [2.05, 4.69) is 214 Å². The van der Waals surface area contributed by atoms with Crippen molar-refractivity contribution >= 4 is 232 Å². The second-order valence-electron chi connectivity index (χ2n) is 36.0. The molecule has 4 aromatic heterocycles. The molecule has 0 fully saturated rings. The van der Waals surface area contributed by atoms with Gasteiger partial charge in [-0.05, 0) is 313 Å². The van der Waals surface area contributed by atoms with Gasteiger partial charge in [0.2, 0.25) is 0 Å². The Morgan fingerprint density at radius 1 is 0.321 bits per heavy atom. The number of nitrogens with zero attached hydrogens (tertiary/aromatic N) is 4. The maximum absolute atomic E-state index is 14.7. The van der Waals surface area contributed by atoms with Gasteiger partial charge in [0.25, 0.3) is 32.9 Å². The van der Waals surface area contributed by atoms with Crippen LogP contribution in [0.2, 0.25) is 150 Å². The molecule has 0 atom stereocenters. The van der Waals surface area contributed by atoms with E-state index in [4.69, 9.17) is 24.7 Å². The van der Waals surface area contributed by atoms with Crippen molar-refractivity contribution in [2.45, 2.75) is 291 Å². The molecule has 0 saturated heterocycles. The van der Waals surface area contributed by atoms with Crippen molar-refractivity contribution in [3.8, 4) is 0 Å². The van der Waals surface area contributed by atoms with Gasteiger partial charge in [-0.1, -0.05) is 102 Å². The van der Waals surface area contributed by atoms with Crippen LogP contribution < -0.4 is 0 Å². The zero-order valence-electron chi connectivity index (χ0n) is 71.6. The van der Waals surface area contributed by atoms with Crippen LogP contribution in [0.25, 0.3) is 22.8 Å². The monoisotopic (exact) mass is 2020 g/mol. The quantitative estimate of drug-likeness (QED) is 0.0239. The molecule has 0 aliphatic carbocycles. The Morgan fingerprint density at radius 3 is 0.714 bits per heavy atom. The minimum atomic E-state index is -2.21.